The van der Waals surface area contributed by atoms with Crippen LogP contribution in [0.15, 0.2) is 42.6 Å². The highest BCUT2D eigenvalue weighted by molar-refractivity contribution is 6.00. The zero-order chi connectivity index (χ0) is 31.0. The van der Waals surface area contributed by atoms with Crippen molar-refractivity contribution in [3.8, 4) is 22.8 Å². The Morgan fingerprint density at radius 2 is 1.98 bits per heavy atom. The smallest absolute Gasteiger partial charge is 0.251 e. The van der Waals surface area contributed by atoms with E-state index >= 15 is 4.39 Å². The lowest BCUT2D eigenvalue weighted by Crippen LogP contribution is -2.44. The number of hydrogen-bond acceptors (Lipinski definition) is 7. The average Bonchev–Trinajstić information content (AvgIpc) is 3.95. The second-order valence-electron chi connectivity index (χ2n) is 12.2. The van der Waals surface area contributed by atoms with Gasteiger partial charge in [0.25, 0.3) is 5.91 Å². The molecular weight excluding hydrogens is 572 g/mol. The number of fused-ring (bicyclic) bond motifs is 2. The Labute approximate surface area is 251 Å². The number of nitrogens with one attached hydrogen (secondary N) is 1. The summed E-state index contributed by atoms with van der Waals surface area (Å²) in [4.78, 5) is 30.7. The van der Waals surface area contributed by atoms with E-state index in [1.807, 2.05) is 10.9 Å². The van der Waals surface area contributed by atoms with E-state index in [1.54, 1.807) is 19.1 Å². The molecule has 4 aromatic rings. The maximum atomic E-state index is 15.0. The number of benzene rings is 2. The molecule has 3 aliphatic rings. The Morgan fingerprint density at radius 1 is 1.20 bits per heavy atom. The number of hydrogen-bond donors (Lipinski definition) is 3. The molecule has 2 atom stereocenters. The zero-order valence-corrected chi connectivity index (χ0v) is 24.2. The lowest BCUT2D eigenvalue weighted by atomic mass is 9.81. The van der Waals surface area contributed by atoms with E-state index in [9.17, 15) is 19.1 Å². The Kier molecular flexibility index (Phi) is 6.40. The van der Waals surface area contributed by atoms with Crippen molar-refractivity contribution < 1.29 is 33.0 Å². The summed E-state index contributed by atoms with van der Waals surface area (Å²) in [6, 6.07) is 8.15. The molecule has 3 heterocycles. The quantitative estimate of drug-likeness (QED) is 0.264. The van der Waals surface area contributed by atoms with E-state index < -0.39 is 34.5 Å². The van der Waals surface area contributed by atoms with Gasteiger partial charge in [0.2, 0.25) is 5.91 Å². The predicted molar refractivity (Wildman–Crippen MR) is 155 cm³/mol. The molecule has 228 valence electrons. The molecule has 7 rings (SSSR count). The third-order valence-corrected chi connectivity index (χ3v) is 9.01. The van der Waals surface area contributed by atoms with Crippen molar-refractivity contribution in [2.45, 2.75) is 49.7 Å². The van der Waals surface area contributed by atoms with E-state index in [2.05, 4.69) is 15.4 Å². The number of aromatic nitrogens is 3. The van der Waals surface area contributed by atoms with Crippen LogP contribution >= 0.6 is 0 Å². The monoisotopic (exact) mass is 603 g/mol. The summed E-state index contributed by atoms with van der Waals surface area (Å²) < 4.78 is 42.6. The second kappa shape index (κ2) is 9.98. The van der Waals surface area contributed by atoms with Crippen LogP contribution in [0.2, 0.25) is 0 Å². The van der Waals surface area contributed by atoms with Crippen LogP contribution in [0.3, 0.4) is 0 Å². The number of carbonyl (C=O) groups excluding carboxylic acids is 2. The van der Waals surface area contributed by atoms with Crippen LogP contribution in [0.4, 0.5) is 8.78 Å². The van der Waals surface area contributed by atoms with Crippen molar-refractivity contribution in [2.75, 3.05) is 20.3 Å². The van der Waals surface area contributed by atoms with Gasteiger partial charge >= 0.3 is 0 Å². The first-order valence-corrected chi connectivity index (χ1v) is 14.5. The van der Waals surface area contributed by atoms with Gasteiger partial charge in [0.15, 0.2) is 0 Å². The Balaban J connectivity index is 1.27. The fourth-order valence-corrected chi connectivity index (χ4v) is 5.93. The second-order valence-corrected chi connectivity index (χ2v) is 12.2. The molecule has 2 fully saturated rings. The third-order valence-electron chi connectivity index (χ3n) is 9.01. The molecular formula is C32H31F2N5O5. The Bertz CT molecular complexity index is 1850. The molecule has 0 radical (unpaired) electrons. The first-order valence-electron chi connectivity index (χ1n) is 14.5. The third kappa shape index (κ3) is 4.55. The van der Waals surface area contributed by atoms with Gasteiger partial charge in [-0.25, -0.2) is 13.8 Å². The number of methoxy groups -OCH3 is 1. The minimum absolute atomic E-state index is 0.0623. The summed E-state index contributed by atoms with van der Waals surface area (Å²) in [5.41, 5.74) is 3.88. The van der Waals surface area contributed by atoms with Crippen LogP contribution in [0.1, 0.15) is 60.3 Å². The molecule has 12 heteroatoms. The number of pyridine rings is 1. The Morgan fingerprint density at radius 3 is 2.66 bits per heavy atom. The predicted octanol–water partition coefficient (Wildman–Crippen LogP) is 3.88. The molecule has 2 amide bonds. The normalized spacial score (nSPS) is 20.6. The van der Waals surface area contributed by atoms with Crippen LogP contribution in [0, 0.1) is 17.6 Å². The van der Waals surface area contributed by atoms with E-state index in [-0.39, 0.29) is 41.8 Å². The van der Waals surface area contributed by atoms with Gasteiger partial charge < -0.3 is 25.6 Å². The average molecular weight is 604 g/mol. The van der Waals surface area contributed by atoms with Crippen LogP contribution in [-0.2, 0) is 15.8 Å². The fraction of sp³-hybridized carbons (Fsp3) is 0.375. The van der Waals surface area contributed by atoms with Gasteiger partial charge in [-0.15, -0.1) is 0 Å². The molecule has 2 saturated carbocycles. The molecule has 4 N–H and O–H groups in total. The summed E-state index contributed by atoms with van der Waals surface area (Å²) in [5, 5.41) is 20.4. The molecule has 2 aromatic carbocycles. The molecule has 0 unspecified atom stereocenters. The van der Waals surface area contributed by atoms with Crippen molar-refractivity contribution in [1.82, 2.24) is 20.1 Å². The van der Waals surface area contributed by atoms with Crippen molar-refractivity contribution in [3.05, 3.63) is 71.1 Å². The number of nitrogens with zero attached hydrogens (tertiary/aromatic N) is 3. The molecule has 0 saturated heterocycles. The summed E-state index contributed by atoms with van der Waals surface area (Å²) in [5.74, 6) is -2.33. The van der Waals surface area contributed by atoms with Crippen molar-refractivity contribution in [1.29, 1.82) is 0 Å². The maximum absolute atomic E-state index is 15.0. The van der Waals surface area contributed by atoms with Gasteiger partial charge in [-0.1, -0.05) is 0 Å². The molecule has 2 aliphatic carbocycles. The highest BCUT2D eigenvalue weighted by Gasteiger charge is 2.50. The van der Waals surface area contributed by atoms with Gasteiger partial charge in [0.1, 0.15) is 52.0 Å². The van der Waals surface area contributed by atoms with Crippen molar-refractivity contribution in [2.24, 2.45) is 11.7 Å². The van der Waals surface area contributed by atoms with Gasteiger partial charge in [-0.2, -0.15) is 5.10 Å². The zero-order valence-electron chi connectivity index (χ0n) is 24.2. The van der Waals surface area contributed by atoms with Crippen LogP contribution in [-0.4, -0.2) is 51.9 Å². The summed E-state index contributed by atoms with van der Waals surface area (Å²) in [6.45, 7) is 1.22. The van der Waals surface area contributed by atoms with Gasteiger partial charge in [-0.05, 0) is 74.9 Å². The highest BCUT2D eigenvalue weighted by Crippen LogP contribution is 2.50. The van der Waals surface area contributed by atoms with Crippen molar-refractivity contribution >= 4 is 22.7 Å². The fourth-order valence-electron chi connectivity index (χ4n) is 5.93. The first-order chi connectivity index (χ1) is 21.0. The number of rotatable bonds is 9. The molecule has 2 aromatic heterocycles. The van der Waals surface area contributed by atoms with E-state index in [0.29, 0.717) is 41.3 Å². The number of halogens is 2. The lowest BCUT2D eigenvalue weighted by molar-refractivity contribution is -0.123. The Hall–Kier alpha value is -4.58. The molecule has 10 nitrogen and oxygen atoms in total. The van der Waals surface area contributed by atoms with Gasteiger partial charge in [-0.3, -0.25) is 14.3 Å². The van der Waals surface area contributed by atoms with Crippen LogP contribution in [0.5, 0.6) is 11.5 Å². The summed E-state index contributed by atoms with van der Waals surface area (Å²) >= 11 is 0. The molecule has 0 bridgehead atoms. The molecule has 44 heavy (non-hydrogen) atoms. The highest BCUT2D eigenvalue weighted by atomic mass is 19.1. The first kappa shape index (κ1) is 28.2. The number of amides is 2. The summed E-state index contributed by atoms with van der Waals surface area (Å²) in [7, 11) is 1.51. The number of aliphatic hydroxyl groups is 1. The number of nitrogens with two attached hydrogens (primary N) is 1. The van der Waals surface area contributed by atoms with Gasteiger partial charge in [0.05, 0.1) is 25.4 Å². The molecule has 0 spiro atoms. The largest absolute Gasteiger partial charge is 0.494 e. The van der Waals surface area contributed by atoms with Crippen molar-refractivity contribution in [3.63, 3.8) is 0 Å². The van der Waals surface area contributed by atoms with Crippen LogP contribution < -0.4 is 20.5 Å². The minimum atomic E-state index is -1.70. The number of ether oxygens (including phenoxy) is 2. The summed E-state index contributed by atoms with van der Waals surface area (Å²) in [6.07, 6.45) is 5.31. The minimum Gasteiger partial charge on any atom is -0.494 e. The van der Waals surface area contributed by atoms with E-state index in [1.165, 1.54) is 13.2 Å². The maximum Gasteiger partial charge on any atom is 0.251 e. The number of carbonyl (C=O) groups is 2. The molecule has 1 aliphatic heterocycles. The SMILES string of the molecule is COc1cc(C(=O)NC[C@](O)(c2cc3c(c(-c4cc(F)ccc4F)n2)OC[C@]3(C)C(N)=O)C2CC2)cc2cn(C3CC3)nc12. The lowest BCUT2D eigenvalue weighted by Gasteiger charge is -2.30. The topological polar surface area (TPSA) is 142 Å². The van der Waals surface area contributed by atoms with E-state index in [4.69, 9.17) is 15.2 Å². The standard InChI is InChI=1S/C32H31F2N5O5/c1-31(30(35)41)15-44-28-22(31)12-25(37-27(28)21-11-19(33)5-8-23(21)34)32(42,18-3-4-18)14-36-29(40)16-9-17-13-39(20-6-7-20)38-26(17)24(10-16)43-2/h5,8-13,18,20,42H,3-4,6-7,14-15H2,1-2H3,(H2,35,41)(H,36,40)/t31-,32+/m0/s1. The van der Waals surface area contributed by atoms with Crippen LogP contribution in [0.25, 0.3) is 22.2 Å². The number of primary amides is 1. The van der Waals surface area contributed by atoms with Gasteiger partial charge in [0, 0.05) is 28.3 Å². The van der Waals surface area contributed by atoms with E-state index in [0.717, 1.165) is 36.4 Å².